The average molecular weight is 298 g/mol. The number of thiazole rings is 1. The Morgan fingerprint density at radius 3 is 2.45 bits per heavy atom. The number of rotatable bonds is 10. The predicted molar refractivity (Wildman–Crippen MR) is 89.9 cm³/mol. The van der Waals surface area contributed by atoms with E-state index in [1.54, 1.807) is 0 Å². The van der Waals surface area contributed by atoms with Crippen LogP contribution in [0, 0.1) is 0 Å². The first-order valence-electron chi connectivity index (χ1n) is 7.71. The fourth-order valence-corrected chi connectivity index (χ4v) is 3.33. The van der Waals surface area contributed by atoms with Crippen LogP contribution in [-0.4, -0.2) is 50.2 Å². The third-order valence-corrected chi connectivity index (χ3v) is 4.48. The van der Waals surface area contributed by atoms with Crippen LogP contribution in [-0.2, 0) is 13.0 Å². The van der Waals surface area contributed by atoms with Gasteiger partial charge in [-0.1, -0.05) is 13.8 Å². The van der Waals surface area contributed by atoms with Crippen LogP contribution < -0.4 is 10.2 Å². The molecular formula is C15H30N4S. The van der Waals surface area contributed by atoms with Crippen molar-refractivity contribution < 1.29 is 0 Å². The Kier molecular flexibility index (Phi) is 8.11. The summed E-state index contributed by atoms with van der Waals surface area (Å²) in [5, 5.41) is 4.60. The molecule has 20 heavy (non-hydrogen) atoms. The monoisotopic (exact) mass is 298 g/mol. The van der Waals surface area contributed by atoms with Gasteiger partial charge < -0.3 is 15.1 Å². The van der Waals surface area contributed by atoms with E-state index >= 15 is 0 Å². The highest BCUT2D eigenvalue weighted by molar-refractivity contribution is 7.15. The van der Waals surface area contributed by atoms with Crippen molar-refractivity contribution in [2.45, 2.75) is 40.2 Å². The van der Waals surface area contributed by atoms with Gasteiger partial charge in [-0.3, -0.25) is 0 Å². The second-order valence-corrected chi connectivity index (χ2v) is 6.30. The summed E-state index contributed by atoms with van der Waals surface area (Å²) in [5.41, 5.74) is 1.26. The number of hydrogen-bond acceptors (Lipinski definition) is 5. The minimum atomic E-state index is 0.951. The lowest BCUT2D eigenvalue weighted by atomic mass is 10.3. The van der Waals surface area contributed by atoms with Crippen molar-refractivity contribution in [3.63, 3.8) is 0 Å². The van der Waals surface area contributed by atoms with Gasteiger partial charge in [0.25, 0.3) is 0 Å². The van der Waals surface area contributed by atoms with Crippen LogP contribution in [0.15, 0.2) is 0 Å². The Labute approximate surface area is 128 Å². The largest absolute Gasteiger partial charge is 0.348 e. The Bertz CT molecular complexity index is 376. The molecule has 0 bridgehead atoms. The molecule has 116 valence electrons. The van der Waals surface area contributed by atoms with Crippen molar-refractivity contribution >= 4 is 16.5 Å². The zero-order valence-corrected chi connectivity index (χ0v) is 14.5. The van der Waals surface area contributed by atoms with E-state index in [1.807, 2.05) is 11.3 Å². The molecule has 1 aromatic heterocycles. The first kappa shape index (κ1) is 17.4. The van der Waals surface area contributed by atoms with E-state index in [0.29, 0.717) is 0 Å². The Morgan fingerprint density at radius 1 is 1.15 bits per heavy atom. The second-order valence-electron chi connectivity index (χ2n) is 5.24. The Morgan fingerprint density at radius 2 is 1.90 bits per heavy atom. The normalized spacial score (nSPS) is 11.3. The summed E-state index contributed by atoms with van der Waals surface area (Å²) >= 11 is 1.85. The quantitative estimate of drug-likeness (QED) is 0.719. The molecule has 0 radical (unpaired) electrons. The first-order chi connectivity index (χ1) is 9.62. The average Bonchev–Trinajstić information content (AvgIpc) is 2.84. The molecule has 0 atom stereocenters. The van der Waals surface area contributed by atoms with E-state index in [4.69, 9.17) is 4.98 Å². The van der Waals surface area contributed by atoms with Gasteiger partial charge in [0.05, 0.1) is 5.69 Å². The molecule has 0 saturated heterocycles. The lowest BCUT2D eigenvalue weighted by molar-refractivity contribution is 0.400. The summed E-state index contributed by atoms with van der Waals surface area (Å²) in [5.74, 6) is 0. The summed E-state index contributed by atoms with van der Waals surface area (Å²) in [7, 11) is 4.26. The molecule has 1 N–H and O–H groups in total. The Hall–Kier alpha value is -0.650. The highest BCUT2D eigenvalue weighted by Gasteiger charge is 2.14. The van der Waals surface area contributed by atoms with Crippen LogP contribution in [0.3, 0.4) is 0 Å². The molecule has 0 amide bonds. The van der Waals surface area contributed by atoms with Gasteiger partial charge >= 0.3 is 0 Å². The molecule has 1 rings (SSSR count). The fraction of sp³-hybridized carbons (Fsp3) is 0.800. The van der Waals surface area contributed by atoms with Gasteiger partial charge in [-0.05, 0) is 47.0 Å². The molecule has 5 heteroatoms. The third-order valence-electron chi connectivity index (χ3n) is 3.32. The van der Waals surface area contributed by atoms with E-state index in [0.717, 1.165) is 39.1 Å². The zero-order chi connectivity index (χ0) is 15.0. The molecule has 1 heterocycles. The van der Waals surface area contributed by atoms with E-state index < -0.39 is 0 Å². The molecule has 1 aromatic rings. The van der Waals surface area contributed by atoms with Gasteiger partial charge in [0.1, 0.15) is 0 Å². The number of hydrogen-bond donors (Lipinski definition) is 1. The summed E-state index contributed by atoms with van der Waals surface area (Å²) in [4.78, 5) is 10.9. The lowest BCUT2D eigenvalue weighted by Gasteiger charge is -2.20. The van der Waals surface area contributed by atoms with Crippen LogP contribution in [0.5, 0.6) is 0 Å². The van der Waals surface area contributed by atoms with Gasteiger partial charge in [-0.25, -0.2) is 4.98 Å². The molecule has 0 aliphatic heterocycles. The number of anilines is 1. The van der Waals surface area contributed by atoms with Crippen molar-refractivity contribution in [1.82, 2.24) is 15.2 Å². The van der Waals surface area contributed by atoms with Crippen LogP contribution in [0.1, 0.15) is 37.8 Å². The van der Waals surface area contributed by atoms with Gasteiger partial charge in [0.15, 0.2) is 5.13 Å². The molecule has 0 spiro atoms. The molecule has 4 nitrogen and oxygen atoms in total. The molecule has 0 aromatic carbocycles. The van der Waals surface area contributed by atoms with Crippen molar-refractivity contribution in [3.8, 4) is 0 Å². The summed E-state index contributed by atoms with van der Waals surface area (Å²) in [6.45, 7) is 11.8. The number of aryl methyl sites for hydroxylation is 1. The summed E-state index contributed by atoms with van der Waals surface area (Å²) < 4.78 is 0. The van der Waals surface area contributed by atoms with Crippen molar-refractivity contribution in [1.29, 1.82) is 0 Å². The minimum absolute atomic E-state index is 0.951. The van der Waals surface area contributed by atoms with E-state index in [-0.39, 0.29) is 0 Å². The molecule has 0 unspecified atom stereocenters. The van der Waals surface area contributed by atoms with Crippen molar-refractivity contribution in [3.05, 3.63) is 10.6 Å². The maximum absolute atomic E-state index is 4.84. The maximum atomic E-state index is 4.84. The van der Waals surface area contributed by atoms with Crippen LogP contribution in [0.25, 0.3) is 0 Å². The van der Waals surface area contributed by atoms with Gasteiger partial charge in [0.2, 0.25) is 0 Å². The highest BCUT2D eigenvalue weighted by atomic mass is 32.1. The molecule has 0 aliphatic carbocycles. The van der Waals surface area contributed by atoms with Gasteiger partial charge in [-0.15, -0.1) is 11.3 Å². The summed E-state index contributed by atoms with van der Waals surface area (Å²) in [6, 6.07) is 0. The first-order valence-corrected chi connectivity index (χ1v) is 8.52. The third kappa shape index (κ3) is 5.38. The van der Waals surface area contributed by atoms with Crippen LogP contribution in [0.2, 0.25) is 0 Å². The van der Waals surface area contributed by atoms with Gasteiger partial charge in [-0.2, -0.15) is 0 Å². The topological polar surface area (TPSA) is 31.4 Å². The number of nitrogens with one attached hydrogen (secondary N) is 1. The number of aromatic nitrogens is 1. The van der Waals surface area contributed by atoms with Crippen molar-refractivity contribution in [2.24, 2.45) is 0 Å². The molecule has 0 aliphatic rings. The van der Waals surface area contributed by atoms with E-state index in [9.17, 15) is 0 Å². The smallest absolute Gasteiger partial charge is 0.185 e. The molecule has 0 saturated carbocycles. The maximum Gasteiger partial charge on any atom is 0.185 e. The second kappa shape index (κ2) is 9.32. The standard InChI is InChI=1S/C15H30N4S/c1-6-13-14(12-16-7-2)20-15(17-13)19(8-3)11-9-10-18(4)5/h16H,6-12H2,1-5H3. The fourth-order valence-electron chi connectivity index (χ4n) is 2.12. The van der Waals surface area contributed by atoms with E-state index in [1.165, 1.54) is 22.1 Å². The molecule has 0 fully saturated rings. The Balaban J connectivity index is 2.68. The van der Waals surface area contributed by atoms with Crippen molar-refractivity contribution in [2.75, 3.05) is 45.2 Å². The lowest BCUT2D eigenvalue weighted by Crippen LogP contribution is -2.26. The predicted octanol–water partition coefficient (Wildman–Crippen LogP) is 2.59. The van der Waals surface area contributed by atoms with Crippen LogP contribution >= 0.6 is 11.3 Å². The highest BCUT2D eigenvalue weighted by Crippen LogP contribution is 2.27. The number of nitrogens with zero attached hydrogens (tertiary/aromatic N) is 3. The van der Waals surface area contributed by atoms with Crippen LogP contribution in [0.4, 0.5) is 5.13 Å². The zero-order valence-electron chi connectivity index (χ0n) is 13.7. The SMILES string of the molecule is CCNCc1sc(N(CC)CCCN(C)C)nc1CC. The molecular weight excluding hydrogens is 268 g/mol. The summed E-state index contributed by atoms with van der Waals surface area (Å²) in [6.07, 6.45) is 2.21. The van der Waals surface area contributed by atoms with E-state index in [2.05, 4.69) is 50.0 Å². The van der Waals surface area contributed by atoms with Gasteiger partial charge in [0, 0.05) is 24.5 Å². The minimum Gasteiger partial charge on any atom is -0.348 e.